The van der Waals surface area contributed by atoms with Crippen LogP contribution in [0.15, 0.2) is 48.5 Å². The smallest absolute Gasteiger partial charge is 0.254 e. The van der Waals surface area contributed by atoms with Crippen molar-refractivity contribution in [3.8, 4) is 11.5 Å². The van der Waals surface area contributed by atoms with Crippen molar-refractivity contribution in [1.82, 2.24) is 9.88 Å². The van der Waals surface area contributed by atoms with Gasteiger partial charge in [-0.25, -0.2) is 0 Å². The molecule has 0 atom stereocenters. The van der Waals surface area contributed by atoms with Crippen LogP contribution >= 0.6 is 0 Å². The van der Waals surface area contributed by atoms with Gasteiger partial charge in [-0.15, -0.1) is 0 Å². The average molecular weight is 360 g/mol. The van der Waals surface area contributed by atoms with Crippen molar-refractivity contribution in [1.29, 1.82) is 0 Å². The minimum absolute atomic E-state index is 0.0271. The first-order chi connectivity index (χ1) is 13.2. The fraction of sp³-hybridized carbons (Fsp3) is 0.227. The van der Waals surface area contributed by atoms with E-state index in [9.17, 15) is 4.79 Å². The molecule has 5 heteroatoms. The predicted molar refractivity (Wildman–Crippen MR) is 104 cm³/mol. The fourth-order valence-corrected chi connectivity index (χ4v) is 3.98. The molecule has 0 radical (unpaired) electrons. The summed E-state index contributed by atoms with van der Waals surface area (Å²) < 4.78 is 10.7. The first-order valence-corrected chi connectivity index (χ1v) is 9.16. The van der Waals surface area contributed by atoms with E-state index in [-0.39, 0.29) is 12.7 Å². The molecular formula is C22H20N2O3. The zero-order chi connectivity index (χ0) is 18.4. The van der Waals surface area contributed by atoms with E-state index in [0.29, 0.717) is 30.2 Å². The molecule has 2 aliphatic heterocycles. The molecule has 0 saturated carbocycles. The van der Waals surface area contributed by atoms with Crippen molar-refractivity contribution >= 4 is 22.4 Å². The Hall–Kier alpha value is -3.21. The highest BCUT2D eigenvalue weighted by atomic mass is 16.7. The van der Waals surface area contributed by atoms with Crippen molar-refractivity contribution in [2.45, 2.75) is 13.3 Å². The van der Waals surface area contributed by atoms with Crippen LogP contribution in [0.25, 0.3) is 16.5 Å². The van der Waals surface area contributed by atoms with Gasteiger partial charge in [-0.3, -0.25) is 4.79 Å². The molecule has 0 bridgehead atoms. The highest BCUT2D eigenvalue weighted by Crippen LogP contribution is 2.34. The number of carbonyl (C=O) groups excluding carboxylic acids is 1. The van der Waals surface area contributed by atoms with Crippen molar-refractivity contribution in [3.05, 3.63) is 65.4 Å². The SMILES string of the molecule is Cc1[nH]c2ccccc2c1C1=CCN(C(=O)c2ccc3c(c2)OCO3)CC1. The molecule has 1 aromatic heterocycles. The molecule has 136 valence electrons. The summed E-state index contributed by atoms with van der Waals surface area (Å²) in [4.78, 5) is 18.2. The number of hydrogen-bond donors (Lipinski definition) is 1. The number of nitrogens with zero attached hydrogens (tertiary/aromatic N) is 1. The van der Waals surface area contributed by atoms with Gasteiger partial charge in [0.2, 0.25) is 6.79 Å². The summed E-state index contributed by atoms with van der Waals surface area (Å²) in [7, 11) is 0. The lowest BCUT2D eigenvalue weighted by atomic mass is 9.96. The van der Waals surface area contributed by atoms with E-state index >= 15 is 0 Å². The molecule has 2 aromatic carbocycles. The number of aromatic nitrogens is 1. The maximum Gasteiger partial charge on any atom is 0.254 e. The summed E-state index contributed by atoms with van der Waals surface area (Å²) in [6.07, 6.45) is 3.02. The largest absolute Gasteiger partial charge is 0.454 e. The van der Waals surface area contributed by atoms with Crippen LogP contribution < -0.4 is 9.47 Å². The number of ether oxygens (including phenoxy) is 2. The number of hydrogen-bond acceptors (Lipinski definition) is 3. The molecule has 5 nitrogen and oxygen atoms in total. The monoisotopic (exact) mass is 360 g/mol. The molecule has 5 rings (SSSR count). The van der Waals surface area contributed by atoms with Gasteiger partial charge in [0.1, 0.15) is 0 Å². The quantitative estimate of drug-likeness (QED) is 0.747. The lowest BCUT2D eigenvalue weighted by Crippen LogP contribution is -2.34. The van der Waals surface area contributed by atoms with Gasteiger partial charge in [0.25, 0.3) is 5.91 Å². The number of rotatable bonds is 2. The van der Waals surface area contributed by atoms with Gasteiger partial charge in [0.15, 0.2) is 11.5 Å². The van der Waals surface area contributed by atoms with E-state index in [4.69, 9.17) is 9.47 Å². The van der Waals surface area contributed by atoms with Crippen LogP contribution in [0.5, 0.6) is 11.5 Å². The summed E-state index contributed by atoms with van der Waals surface area (Å²) in [5.41, 5.74) is 5.56. The molecule has 3 aromatic rings. The van der Waals surface area contributed by atoms with E-state index in [1.165, 1.54) is 22.2 Å². The number of benzene rings is 2. The highest BCUT2D eigenvalue weighted by Gasteiger charge is 2.23. The summed E-state index contributed by atoms with van der Waals surface area (Å²) in [6, 6.07) is 13.7. The van der Waals surface area contributed by atoms with Gasteiger partial charge in [0.05, 0.1) is 0 Å². The number of aromatic amines is 1. The zero-order valence-electron chi connectivity index (χ0n) is 15.1. The van der Waals surface area contributed by atoms with Gasteiger partial charge in [-0.05, 0) is 43.2 Å². The Kier molecular flexibility index (Phi) is 3.67. The summed E-state index contributed by atoms with van der Waals surface area (Å²) in [5.74, 6) is 1.37. The lowest BCUT2D eigenvalue weighted by molar-refractivity contribution is 0.0772. The summed E-state index contributed by atoms with van der Waals surface area (Å²) >= 11 is 0. The van der Waals surface area contributed by atoms with Crippen LogP contribution in [0, 0.1) is 6.92 Å². The molecule has 1 amide bonds. The number of H-pyrrole nitrogens is 1. The van der Waals surface area contributed by atoms with Crippen molar-refractivity contribution < 1.29 is 14.3 Å². The van der Waals surface area contributed by atoms with E-state index in [2.05, 4.69) is 36.2 Å². The summed E-state index contributed by atoms with van der Waals surface area (Å²) in [5, 5.41) is 1.25. The van der Waals surface area contributed by atoms with E-state index in [1.54, 1.807) is 18.2 Å². The minimum Gasteiger partial charge on any atom is -0.454 e. The third kappa shape index (κ3) is 2.67. The van der Waals surface area contributed by atoms with Gasteiger partial charge in [-0.2, -0.15) is 0 Å². The Labute approximate surface area is 157 Å². The van der Waals surface area contributed by atoms with Crippen LogP contribution in [0.1, 0.15) is 28.0 Å². The van der Waals surface area contributed by atoms with Crippen LogP contribution in [-0.2, 0) is 0 Å². The summed E-state index contributed by atoms with van der Waals surface area (Å²) in [6.45, 7) is 3.65. The molecule has 0 saturated heterocycles. The second-order valence-corrected chi connectivity index (χ2v) is 6.97. The normalized spacial score (nSPS) is 15.9. The van der Waals surface area contributed by atoms with Crippen LogP contribution in [0.2, 0.25) is 0 Å². The number of aryl methyl sites for hydroxylation is 1. The van der Waals surface area contributed by atoms with Gasteiger partial charge >= 0.3 is 0 Å². The van der Waals surface area contributed by atoms with Crippen molar-refractivity contribution in [3.63, 3.8) is 0 Å². The van der Waals surface area contributed by atoms with Crippen molar-refractivity contribution in [2.24, 2.45) is 0 Å². The first-order valence-electron chi connectivity index (χ1n) is 9.16. The maximum absolute atomic E-state index is 12.9. The van der Waals surface area contributed by atoms with Crippen LogP contribution in [0.3, 0.4) is 0 Å². The van der Waals surface area contributed by atoms with Crippen LogP contribution in [-0.4, -0.2) is 35.7 Å². The van der Waals surface area contributed by atoms with Gasteiger partial charge in [0, 0.05) is 40.8 Å². The Bertz CT molecular complexity index is 1080. The Balaban J connectivity index is 1.39. The molecule has 27 heavy (non-hydrogen) atoms. The second kappa shape index (κ2) is 6.20. The predicted octanol–water partition coefficient (Wildman–Crippen LogP) is 4.13. The van der Waals surface area contributed by atoms with Gasteiger partial charge in [-0.1, -0.05) is 24.3 Å². The number of amides is 1. The number of carbonyl (C=O) groups is 1. The first kappa shape index (κ1) is 16.0. The lowest BCUT2D eigenvalue weighted by Gasteiger charge is -2.27. The molecule has 3 heterocycles. The molecule has 0 fully saturated rings. The van der Waals surface area contributed by atoms with Gasteiger partial charge < -0.3 is 19.4 Å². The topological polar surface area (TPSA) is 54.6 Å². The van der Waals surface area contributed by atoms with E-state index < -0.39 is 0 Å². The molecule has 1 N–H and O–H groups in total. The van der Waals surface area contributed by atoms with E-state index in [1.807, 2.05) is 11.0 Å². The Morgan fingerprint density at radius 3 is 2.81 bits per heavy atom. The number of nitrogens with one attached hydrogen (secondary N) is 1. The van der Waals surface area contributed by atoms with E-state index in [0.717, 1.165) is 11.9 Å². The Morgan fingerprint density at radius 2 is 1.96 bits per heavy atom. The minimum atomic E-state index is 0.0271. The molecule has 2 aliphatic rings. The Morgan fingerprint density at radius 1 is 1.11 bits per heavy atom. The zero-order valence-corrected chi connectivity index (χ0v) is 15.1. The molecule has 0 aliphatic carbocycles. The molecule has 0 unspecified atom stereocenters. The molecule has 0 spiro atoms. The fourth-order valence-electron chi connectivity index (χ4n) is 3.98. The molecular weight excluding hydrogens is 340 g/mol. The third-order valence-corrected chi connectivity index (χ3v) is 5.33. The second-order valence-electron chi connectivity index (χ2n) is 6.97. The highest BCUT2D eigenvalue weighted by molar-refractivity contribution is 5.97. The third-order valence-electron chi connectivity index (χ3n) is 5.33. The van der Waals surface area contributed by atoms with Crippen LogP contribution in [0.4, 0.5) is 0 Å². The number of para-hydroxylation sites is 1. The average Bonchev–Trinajstić information content (AvgIpc) is 3.30. The standard InChI is InChI=1S/C22H20N2O3/c1-14-21(17-4-2-3-5-18(17)23-14)15-8-10-24(11-9-15)22(25)16-6-7-19-20(12-16)27-13-26-19/h2-8,12,23H,9-11,13H2,1H3. The number of fused-ring (bicyclic) bond motifs is 2. The maximum atomic E-state index is 12.9. The van der Waals surface area contributed by atoms with Crippen molar-refractivity contribution in [2.75, 3.05) is 19.9 Å².